The summed E-state index contributed by atoms with van der Waals surface area (Å²) >= 11 is 5.46. The molecule has 18 heavy (non-hydrogen) atoms. The number of carbonyl (C=O) groups excluding carboxylic acids is 1. The molecule has 0 radical (unpaired) electrons. The zero-order valence-corrected chi connectivity index (χ0v) is 11.4. The molecule has 0 spiro atoms. The van der Waals surface area contributed by atoms with Gasteiger partial charge >= 0.3 is 0 Å². The fourth-order valence-corrected chi connectivity index (χ4v) is 2.67. The van der Waals surface area contributed by atoms with E-state index in [1.165, 1.54) is 17.4 Å². The quantitative estimate of drug-likeness (QED) is 0.826. The maximum Gasteiger partial charge on any atom is 0.261 e. The standard InChI is InChI=1S/C13H12FNOS2/c1-8(10-4-2-3-5-11(10)14)15-13(16)12-6-9(17)7-18-12/h2-8,17H,1H3,(H,15,16). The van der Waals surface area contributed by atoms with Gasteiger partial charge in [0.2, 0.25) is 0 Å². The van der Waals surface area contributed by atoms with Gasteiger partial charge in [-0.05, 0) is 19.1 Å². The molecule has 94 valence electrons. The summed E-state index contributed by atoms with van der Waals surface area (Å²) in [4.78, 5) is 13.2. The molecule has 2 rings (SSSR count). The smallest absolute Gasteiger partial charge is 0.261 e. The Morgan fingerprint density at radius 3 is 2.78 bits per heavy atom. The van der Waals surface area contributed by atoms with E-state index in [1.807, 2.05) is 0 Å². The molecule has 2 nitrogen and oxygen atoms in total. The Labute approximate surface area is 114 Å². The van der Waals surface area contributed by atoms with Gasteiger partial charge in [0, 0.05) is 15.8 Å². The van der Waals surface area contributed by atoms with Crippen molar-refractivity contribution in [1.29, 1.82) is 0 Å². The molecule has 0 saturated carbocycles. The molecule has 1 heterocycles. The Morgan fingerprint density at radius 2 is 2.17 bits per heavy atom. The molecule has 1 aromatic carbocycles. The third kappa shape index (κ3) is 2.91. The van der Waals surface area contributed by atoms with E-state index in [1.54, 1.807) is 36.6 Å². The van der Waals surface area contributed by atoms with Crippen molar-refractivity contribution in [3.8, 4) is 0 Å². The zero-order chi connectivity index (χ0) is 13.1. The molecule has 1 N–H and O–H groups in total. The monoisotopic (exact) mass is 281 g/mol. The lowest BCUT2D eigenvalue weighted by molar-refractivity contribution is 0.0943. The van der Waals surface area contributed by atoms with Gasteiger partial charge in [0.1, 0.15) is 5.82 Å². The van der Waals surface area contributed by atoms with Gasteiger partial charge in [-0.15, -0.1) is 24.0 Å². The third-order valence-corrected chi connectivity index (χ3v) is 3.89. The molecular formula is C13H12FNOS2. The highest BCUT2D eigenvalue weighted by molar-refractivity contribution is 7.80. The van der Waals surface area contributed by atoms with Gasteiger partial charge in [0.25, 0.3) is 5.91 Å². The number of thiol groups is 1. The number of rotatable bonds is 3. The highest BCUT2D eigenvalue weighted by Gasteiger charge is 2.15. The fraction of sp³-hybridized carbons (Fsp3) is 0.154. The first-order valence-corrected chi connectivity index (χ1v) is 6.73. The highest BCUT2D eigenvalue weighted by Crippen LogP contribution is 2.20. The molecule has 5 heteroatoms. The van der Waals surface area contributed by atoms with Crippen LogP contribution in [0.1, 0.15) is 28.2 Å². The van der Waals surface area contributed by atoms with Crippen LogP contribution < -0.4 is 5.32 Å². The van der Waals surface area contributed by atoms with E-state index in [2.05, 4.69) is 17.9 Å². The average molecular weight is 281 g/mol. The van der Waals surface area contributed by atoms with Crippen LogP contribution in [0.5, 0.6) is 0 Å². The Balaban J connectivity index is 2.10. The molecule has 1 amide bonds. The van der Waals surface area contributed by atoms with Crippen molar-refractivity contribution in [3.63, 3.8) is 0 Å². The van der Waals surface area contributed by atoms with E-state index in [9.17, 15) is 9.18 Å². The predicted molar refractivity (Wildman–Crippen MR) is 73.9 cm³/mol. The van der Waals surface area contributed by atoms with Crippen LogP contribution >= 0.6 is 24.0 Å². The first-order chi connectivity index (χ1) is 8.58. The SMILES string of the molecule is CC(NC(=O)c1cc(S)cs1)c1ccccc1F. The molecule has 0 aliphatic heterocycles. The average Bonchev–Trinajstić information content (AvgIpc) is 2.76. The maximum atomic E-state index is 13.5. The number of halogens is 1. The largest absolute Gasteiger partial charge is 0.345 e. The van der Waals surface area contributed by atoms with E-state index >= 15 is 0 Å². The minimum atomic E-state index is -0.371. The third-order valence-electron chi connectivity index (χ3n) is 2.53. The van der Waals surface area contributed by atoms with Crippen LogP contribution in [-0.4, -0.2) is 5.91 Å². The lowest BCUT2D eigenvalue weighted by Crippen LogP contribution is -2.26. The Morgan fingerprint density at radius 1 is 1.44 bits per heavy atom. The first-order valence-electron chi connectivity index (χ1n) is 5.40. The summed E-state index contributed by atoms with van der Waals surface area (Å²) < 4.78 is 13.5. The summed E-state index contributed by atoms with van der Waals surface area (Å²) in [6, 6.07) is 7.74. The molecular weight excluding hydrogens is 269 g/mol. The van der Waals surface area contributed by atoms with Crippen molar-refractivity contribution in [1.82, 2.24) is 5.32 Å². The minimum Gasteiger partial charge on any atom is -0.345 e. The van der Waals surface area contributed by atoms with Gasteiger partial charge in [-0.2, -0.15) is 0 Å². The molecule has 1 atom stereocenters. The van der Waals surface area contributed by atoms with Gasteiger partial charge in [-0.1, -0.05) is 18.2 Å². The molecule has 0 aliphatic rings. The zero-order valence-electron chi connectivity index (χ0n) is 9.68. The van der Waals surface area contributed by atoms with Crippen molar-refractivity contribution in [2.45, 2.75) is 17.9 Å². The topological polar surface area (TPSA) is 29.1 Å². The molecule has 0 fully saturated rings. The summed E-state index contributed by atoms with van der Waals surface area (Å²) in [6.45, 7) is 1.76. The molecule has 2 aromatic rings. The molecule has 0 aliphatic carbocycles. The second-order valence-corrected chi connectivity index (χ2v) is 5.31. The van der Waals surface area contributed by atoms with Gasteiger partial charge in [0.05, 0.1) is 10.9 Å². The number of benzene rings is 1. The second kappa shape index (κ2) is 5.54. The number of carbonyl (C=O) groups is 1. The molecule has 1 aromatic heterocycles. The van der Waals surface area contributed by atoms with Gasteiger partial charge < -0.3 is 5.32 Å². The van der Waals surface area contributed by atoms with Crippen molar-refractivity contribution in [3.05, 3.63) is 52.0 Å². The minimum absolute atomic E-state index is 0.212. The van der Waals surface area contributed by atoms with E-state index in [-0.39, 0.29) is 17.8 Å². The van der Waals surface area contributed by atoms with E-state index < -0.39 is 0 Å². The van der Waals surface area contributed by atoms with Gasteiger partial charge in [-0.25, -0.2) is 4.39 Å². The van der Waals surface area contributed by atoms with Crippen LogP contribution in [0.4, 0.5) is 4.39 Å². The van der Waals surface area contributed by atoms with Crippen molar-refractivity contribution < 1.29 is 9.18 Å². The Kier molecular flexibility index (Phi) is 4.04. The Hall–Kier alpha value is -1.33. The Bertz CT molecular complexity index is 568. The lowest BCUT2D eigenvalue weighted by Gasteiger charge is -2.14. The van der Waals surface area contributed by atoms with Crippen molar-refractivity contribution in [2.24, 2.45) is 0 Å². The van der Waals surface area contributed by atoms with Crippen LogP contribution in [0.25, 0.3) is 0 Å². The number of hydrogen-bond acceptors (Lipinski definition) is 3. The van der Waals surface area contributed by atoms with Crippen LogP contribution in [-0.2, 0) is 0 Å². The number of nitrogens with one attached hydrogen (secondary N) is 1. The second-order valence-electron chi connectivity index (χ2n) is 3.89. The highest BCUT2D eigenvalue weighted by atomic mass is 32.1. The number of hydrogen-bond donors (Lipinski definition) is 2. The molecule has 1 unspecified atom stereocenters. The summed E-state index contributed by atoms with van der Waals surface area (Å²) in [5, 5.41) is 4.55. The fourth-order valence-electron chi connectivity index (χ4n) is 1.62. The van der Waals surface area contributed by atoms with Crippen LogP contribution in [0.15, 0.2) is 40.6 Å². The normalized spacial score (nSPS) is 12.2. The van der Waals surface area contributed by atoms with Gasteiger partial charge in [0.15, 0.2) is 0 Å². The van der Waals surface area contributed by atoms with Crippen LogP contribution in [0.2, 0.25) is 0 Å². The number of amides is 1. The maximum absolute atomic E-state index is 13.5. The van der Waals surface area contributed by atoms with Crippen LogP contribution in [0.3, 0.4) is 0 Å². The summed E-state index contributed by atoms with van der Waals surface area (Å²) in [6.07, 6.45) is 0. The van der Waals surface area contributed by atoms with E-state index in [0.717, 1.165) is 4.90 Å². The van der Waals surface area contributed by atoms with E-state index in [4.69, 9.17) is 0 Å². The molecule has 0 saturated heterocycles. The summed E-state index contributed by atoms with van der Waals surface area (Å²) in [5.41, 5.74) is 0.480. The van der Waals surface area contributed by atoms with Crippen LogP contribution in [0, 0.1) is 5.82 Å². The number of thiophene rings is 1. The first kappa shape index (κ1) is 13.1. The van der Waals surface area contributed by atoms with Crippen molar-refractivity contribution >= 4 is 29.9 Å². The van der Waals surface area contributed by atoms with E-state index in [0.29, 0.717) is 10.4 Å². The summed E-state index contributed by atoms with van der Waals surface area (Å²) in [5.74, 6) is -0.526. The lowest BCUT2D eigenvalue weighted by atomic mass is 10.1. The summed E-state index contributed by atoms with van der Waals surface area (Å²) in [7, 11) is 0. The predicted octanol–water partition coefficient (Wildman–Crippen LogP) is 3.67. The van der Waals surface area contributed by atoms with Gasteiger partial charge in [-0.3, -0.25) is 4.79 Å². The molecule has 0 bridgehead atoms. The van der Waals surface area contributed by atoms with Crippen molar-refractivity contribution in [2.75, 3.05) is 0 Å².